The molecule has 10 heteroatoms. The molecule has 4 rings (SSSR count). The van der Waals surface area contributed by atoms with E-state index in [0.29, 0.717) is 6.07 Å². The smallest absolute Gasteiger partial charge is 0.231 e. The van der Waals surface area contributed by atoms with Gasteiger partial charge in [-0.1, -0.05) is 6.07 Å². The molecule has 2 N–H and O–H groups in total. The van der Waals surface area contributed by atoms with Gasteiger partial charge in [0.15, 0.2) is 5.76 Å². The number of aromatic nitrogens is 1. The fourth-order valence-electron chi connectivity index (χ4n) is 3.58. The van der Waals surface area contributed by atoms with Gasteiger partial charge in [-0.25, -0.2) is 22.5 Å². The Morgan fingerprint density at radius 3 is 2.32 bits per heavy atom. The van der Waals surface area contributed by atoms with E-state index in [1.165, 1.54) is 13.1 Å². The van der Waals surface area contributed by atoms with E-state index in [1.807, 2.05) is 0 Å². The van der Waals surface area contributed by atoms with Crippen molar-refractivity contribution in [3.8, 4) is 11.3 Å². The highest BCUT2D eigenvalue weighted by Crippen LogP contribution is 2.39. The van der Waals surface area contributed by atoms with Crippen LogP contribution in [0.2, 0.25) is 0 Å². The minimum atomic E-state index is -1.34. The summed E-state index contributed by atoms with van der Waals surface area (Å²) in [6.07, 6.45) is 1.14. The van der Waals surface area contributed by atoms with Gasteiger partial charge in [-0.05, 0) is 43.2 Å². The Kier molecular flexibility index (Phi) is 6.28. The van der Waals surface area contributed by atoms with Crippen LogP contribution in [-0.4, -0.2) is 34.3 Å². The van der Waals surface area contributed by atoms with Gasteiger partial charge in [0.05, 0.1) is 24.2 Å². The summed E-state index contributed by atoms with van der Waals surface area (Å²) in [4.78, 5) is 17.7. The maximum atomic E-state index is 14.7. The van der Waals surface area contributed by atoms with E-state index in [4.69, 9.17) is 4.42 Å². The molecule has 1 aliphatic rings. The molecule has 6 nitrogen and oxygen atoms in total. The summed E-state index contributed by atoms with van der Waals surface area (Å²) in [5, 5.41) is 19.5. The summed E-state index contributed by atoms with van der Waals surface area (Å²) in [5.41, 5.74) is -1.75. The van der Waals surface area contributed by atoms with Crippen LogP contribution in [0.3, 0.4) is 0 Å². The maximum absolute atomic E-state index is 14.7. The SMILES string of the molecule is CC(CO)(CO)c1nc(C2=CN(c3c(F)cccc3F)C(=O)CC2)c(-c2ccc(F)cc2F)o1. The van der Waals surface area contributed by atoms with Crippen molar-refractivity contribution in [3.63, 3.8) is 0 Å². The average Bonchev–Trinajstić information content (AvgIpc) is 3.25. The average molecular weight is 476 g/mol. The van der Waals surface area contributed by atoms with E-state index in [9.17, 15) is 32.6 Å². The minimum absolute atomic E-state index is 0.0304. The number of oxazole rings is 1. The fraction of sp³-hybridized carbons (Fsp3) is 0.250. The number of carbonyl (C=O) groups excluding carboxylic acids is 1. The largest absolute Gasteiger partial charge is 0.439 e. The lowest BCUT2D eigenvalue weighted by Gasteiger charge is -2.25. The molecular weight excluding hydrogens is 456 g/mol. The molecule has 0 aliphatic carbocycles. The highest BCUT2D eigenvalue weighted by Gasteiger charge is 2.35. The van der Waals surface area contributed by atoms with Gasteiger partial charge in [0.25, 0.3) is 0 Å². The van der Waals surface area contributed by atoms with Crippen molar-refractivity contribution in [1.29, 1.82) is 0 Å². The Bertz CT molecular complexity index is 1260. The van der Waals surface area contributed by atoms with Gasteiger partial charge in [-0.15, -0.1) is 0 Å². The van der Waals surface area contributed by atoms with Gasteiger partial charge in [-0.3, -0.25) is 9.69 Å². The monoisotopic (exact) mass is 476 g/mol. The summed E-state index contributed by atoms with van der Waals surface area (Å²) in [6, 6.07) is 5.98. The molecule has 1 aliphatic heterocycles. The molecule has 2 heterocycles. The molecular formula is C24H20F4N2O4. The molecule has 1 amide bonds. The molecule has 0 saturated carbocycles. The van der Waals surface area contributed by atoms with E-state index >= 15 is 0 Å². The number of aliphatic hydroxyl groups excluding tert-OH is 2. The second-order valence-electron chi connectivity index (χ2n) is 8.19. The first-order chi connectivity index (χ1) is 16.2. The highest BCUT2D eigenvalue weighted by molar-refractivity contribution is 6.00. The summed E-state index contributed by atoms with van der Waals surface area (Å²) < 4.78 is 62.7. The van der Waals surface area contributed by atoms with Crippen LogP contribution >= 0.6 is 0 Å². The topological polar surface area (TPSA) is 86.8 Å². The van der Waals surface area contributed by atoms with E-state index < -0.39 is 53.5 Å². The molecule has 1 aromatic heterocycles. The lowest BCUT2D eigenvalue weighted by molar-refractivity contribution is -0.118. The molecule has 34 heavy (non-hydrogen) atoms. The van der Waals surface area contributed by atoms with Crippen LogP contribution in [0, 0.1) is 23.3 Å². The first-order valence-electron chi connectivity index (χ1n) is 10.3. The molecule has 0 fully saturated rings. The fourth-order valence-corrected chi connectivity index (χ4v) is 3.58. The molecule has 0 atom stereocenters. The third kappa shape index (κ3) is 4.10. The van der Waals surface area contributed by atoms with Crippen LogP contribution in [0.4, 0.5) is 23.2 Å². The first-order valence-corrected chi connectivity index (χ1v) is 10.3. The number of halogens is 4. The molecule has 2 aromatic carbocycles. The lowest BCUT2D eigenvalue weighted by Crippen LogP contribution is -2.31. The van der Waals surface area contributed by atoms with Gasteiger partial charge in [0.2, 0.25) is 11.8 Å². The summed E-state index contributed by atoms with van der Waals surface area (Å²) in [5.74, 6) is -4.52. The van der Waals surface area contributed by atoms with Crippen LogP contribution in [0.15, 0.2) is 47.0 Å². The number of hydrogen-bond acceptors (Lipinski definition) is 5. The molecule has 3 aromatic rings. The summed E-state index contributed by atoms with van der Waals surface area (Å²) in [6.45, 7) is 0.352. The van der Waals surface area contributed by atoms with E-state index in [0.717, 1.165) is 35.2 Å². The number of hydrogen-bond donors (Lipinski definition) is 2. The standard InChI is InChI=1S/C24H20F4N2O4/c1-24(11-31,12-32)23-29-20(22(34-23)15-7-6-14(25)9-18(15)28)13-5-8-19(33)30(10-13)21-16(26)3-2-4-17(21)27/h2-4,6-7,9-10,31-32H,5,8,11-12H2,1H3. The van der Waals surface area contributed by atoms with Crippen molar-refractivity contribution < 1.29 is 37.0 Å². The third-order valence-electron chi connectivity index (χ3n) is 5.66. The molecule has 178 valence electrons. The first kappa shape index (κ1) is 23.7. The Morgan fingerprint density at radius 1 is 1.03 bits per heavy atom. The third-order valence-corrected chi connectivity index (χ3v) is 5.66. The number of carbonyl (C=O) groups is 1. The molecule has 0 unspecified atom stereocenters. The number of benzene rings is 2. The van der Waals surface area contributed by atoms with Crippen molar-refractivity contribution >= 4 is 17.2 Å². The zero-order valence-electron chi connectivity index (χ0n) is 18.0. The van der Waals surface area contributed by atoms with Gasteiger partial charge < -0.3 is 14.6 Å². The second-order valence-corrected chi connectivity index (χ2v) is 8.19. The van der Waals surface area contributed by atoms with Crippen molar-refractivity contribution in [2.24, 2.45) is 0 Å². The second kappa shape index (κ2) is 9.03. The predicted octanol–water partition coefficient (Wildman–Crippen LogP) is 4.31. The minimum Gasteiger partial charge on any atom is -0.439 e. The Labute approximate surface area is 191 Å². The zero-order valence-corrected chi connectivity index (χ0v) is 18.0. The molecule has 0 radical (unpaired) electrons. The van der Waals surface area contributed by atoms with Gasteiger partial charge in [-0.2, -0.15) is 0 Å². The number of para-hydroxylation sites is 1. The van der Waals surface area contributed by atoms with Gasteiger partial charge in [0, 0.05) is 18.7 Å². The Hall–Kier alpha value is -3.50. The summed E-state index contributed by atoms with van der Waals surface area (Å²) >= 11 is 0. The molecule has 0 bridgehead atoms. The normalized spacial score (nSPS) is 14.5. The Morgan fingerprint density at radius 2 is 1.71 bits per heavy atom. The number of rotatable bonds is 6. The molecule has 0 saturated heterocycles. The van der Waals surface area contributed by atoms with Crippen LogP contribution in [-0.2, 0) is 10.2 Å². The number of amides is 1. The van der Waals surface area contributed by atoms with Crippen LogP contribution in [0.5, 0.6) is 0 Å². The van der Waals surface area contributed by atoms with E-state index in [1.54, 1.807) is 0 Å². The van der Waals surface area contributed by atoms with Gasteiger partial charge in [0.1, 0.15) is 34.7 Å². The molecule has 0 spiro atoms. The van der Waals surface area contributed by atoms with Crippen molar-refractivity contribution in [1.82, 2.24) is 4.98 Å². The zero-order chi connectivity index (χ0) is 24.6. The lowest BCUT2D eigenvalue weighted by atomic mass is 9.93. The van der Waals surface area contributed by atoms with Crippen LogP contribution < -0.4 is 4.90 Å². The van der Waals surface area contributed by atoms with Crippen LogP contribution in [0.1, 0.15) is 31.4 Å². The number of aliphatic hydroxyl groups is 2. The van der Waals surface area contributed by atoms with E-state index in [-0.39, 0.29) is 41.3 Å². The number of allylic oxidation sites excluding steroid dienone is 1. The number of nitrogens with zero attached hydrogens (tertiary/aromatic N) is 2. The predicted molar refractivity (Wildman–Crippen MR) is 114 cm³/mol. The number of anilines is 1. The van der Waals surface area contributed by atoms with Crippen molar-refractivity contribution in [3.05, 3.63) is 77.5 Å². The highest BCUT2D eigenvalue weighted by atomic mass is 19.1. The Balaban J connectivity index is 1.92. The van der Waals surface area contributed by atoms with Gasteiger partial charge >= 0.3 is 0 Å². The van der Waals surface area contributed by atoms with Crippen molar-refractivity contribution in [2.45, 2.75) is 25.2 Å². The quantitative estimate of drug-likeness (QED) is 0.518. The van der Waals surface area contributed by atoms with Crippen LogP contribution in [0.25, 0.3) is 16.9 Å². The van der Waals surface area contributed by atoms with Crippen molar-refractivity contribution in [2.75, 3.05) is 18.1 Å². The van der Waals surface area contributed by atoms with E-state index in [2.05, 4.69) is 4.98 Å². The summed E-state index contributed by atoms with van der Waals surface area (Å²) in [7, 11) is 0. The maximum Gasteiger partial charge on any atom is 0.231 e.